The third kappa shape index (κ3) is 4.85. The van der Waals surface area contributed by atoms with Gasteiger partial charge in [-0.1, -0.05) is 35.0 Å². The van der Waals surface area contributed by atoms with Crippen molar-refractivity contribution in [3.05, 3.63) is 75.9 Å². The molecule has 164 valence electrons. The Morgan fingerprint density at radius 1 is 1.19 bits per heavy atom. The lowest BCUT2D eigenvalue weighted by molar-refractivity contribution is -0.121. The van der Waals surface area contributed by atoms with Gasteiger partial charge in [-0.25, -0.2) is 0 Å². The summed E-state index contributed by atoms with van der Waals surface area (Å²) in [5.41, 5.74) is 2.85. The van der Waals surface area contributed by atoms with Crippen molar-refractivity contribution in [1.29, 1.82) is 0 Å². The molecule has 0 atom stereocenters. The summed E-state index contributed by atoms with van der Waals surface area (Å²) in [5, 5.41) is 7.74. The lowest BCUT2D eigenvalue weighted by Gasteiger charge is -2.09. The summed E-state index contributed by atoms with van der Waals surface area (Å²) in [5.74, 6) is 1.30. The molecule has 0 spiro atoms. The number of hydrogen-bond donors (Lipinski definition) is 2. The molecule has 8 heteroatoms. The largest absolute Gasteiger partial charge is 0.496 e. The molecule has 8 nitrogen and oxygen atoms in total. The summed E-state index contributed by atoms with van der Waals surface area (Å²) in [6.45, 7) is 2.39. The molecule has 0 unspecified atom stereocenters. The second-order valence-corrected chi connectivity index (χ2v) is 7.56. The average Bonchev–Trinajstić information content (AvgIpc) is 3.26. The van der Waals surface area contributed by atoms with Gasteiger partial charge < -0.3 is 19.6 Å². The van der Waals surface area contributed by atoms with E-state index in [2.05, 4.69) is 20.4 Å². The standard InChI is InChI=1S/C24H24N4O4/c1-15-10-11-19-17(12-15)13-18(24(30)26-19)23-27-22(32-28-23)9-5-8-21(29)25-14-16-6-3-4-7-20(16)31-2/h3-4,6-7,10-13H,5,8-9,14H2,1-2H3,(H,25,29)(H,26,30). The predicted molar refractivity (Wildman–Crippen MR) is 120 cm³/mol. The van der Waals surface area contributed by atoms with E-state index in [1.165, 1.54) is 0 Å². The molecule has 0 saturated carbocycles. The number of carbonyl (C=O) groups excluding carboxylic acids is 1. The monoisotopic (exact) mass is 432 g/mol. The first kappa shape index (κ1) is 21.3. The zero-order valence-corrected chi connectivity index (χ0v) is 18.0. The molecule has 0 aliphatic heterocycles. The third-order valence-corrected chi connectivity index (χ3v) is 5.17. The molecule has 0 saturated heterocycles. The van der Waals surface area contributed by atoms with Gasteiger partial charge in [0.25, 0.3) is 5.56 Å². The molecule has 0 aliphatic carbocycles. The molecule has 2 heterocycles. The van der Waals surface area contributed by atoms with Crippen LogP contribution < -0.4 is 15.6 Å². The molecule has 0 fully saturated rings. The van der Waals surface area contributed by atoms with Crippen LogP contribution in [0.5, 0.6) is 5.75 Å². The molecule has 2 aromatic heterocycles. The number of benzene rings is 2. The van der Waals surface area contributed by atoms with Gasteiger partial charge in [0.05, 0.1) is 12.7 Å². The van der Waals surface area contributed by atoms with E-state index < -0.39 is 0 Å². The molecule has 0 radical (unpaired) electrons. The van der Waals surface area contributed by atoms with Gasteiger partial charge in [-0.15, -0.1) is 0 Å². The summed E-state index contributed by atoms with van der Waals surface area (Å²) in [7, 11) is 1.60. The number of aromatic amines is 1. The van der Waals surface area contributed by atoms with Crippen LogP contribution in [-0.4, -0.2) is 28.1 Å². The third-order valence-electron chi connectivity index (χ3n) is 5.17. The second kappa shape index (κ2) is 9.47. The van der Waals surface area contributed by atoms with Gasteiger partial charge in [0.15, 0.2) is 0 Å². The average molecular weight is 432 g/mol. The summed E-state index contributed by atoms with van der Waals surface area (Å²) in [6, 6.07) is 15.1. The minimum atomic E-state index is -0.274. The number of fused-ring (bicyclic) bond motifs is 1. The lowest BCUT2D eigenvalue weighted by Crippen LogP contribution is -2.22. The van der Waals surface area contributed by atoms with Crippen molar-refractivity contribution in [2.24, 2.45) is 0 Å². The van der Waals surface area contributed by atoms with Crippen molar-refractivity contribution in [2.75, 3.05) is 7.11 Å². The van der Waals surface area contributed by atoms with Gasteiger partial charge in [0.2, 0.25) is 17.6 Å². The molecule has 2 N–H and O–H groups in total. The maximum atomic E-state index is 12.4. The van der Waals surface area contributed by atoms with Gasteiger partial charge in [0, 0.05) is 30.5 Å². The fourth-order valence-electron chi connectivity index (χ4n) is 3.49. The summed E-state index contributed by atoms with van der Waals surface area (Å²) < 4.78 is 10.6. The number of aryl methyl sites for hydroxylation is 2. The van der Waals surface area contributed by atoms with Crippen LogP contribution in [0.15, 0.2) is 57.8 Å². The van der Waals surface area contributed by atoms with Crippen molar-refractivity contribution in [3.8, 4) is 17.1 Å². The summed E-state index contributed by atoms with van der Waals surface area (Å²) >= 11 is 0. The molecule has 32 heavy (non-hydrogen) atoms. The highest BCUT2D eigenvalue weighted by molar-refractivity contribution is 5.82. The fourth-order valence-corrected chi connectivity index (χ4v) is 3.49. The van der Waals surface area contributed by atoms with Crippen molar-refractivity contribution in [2.45, 2.75) is 32.7 Å². The predicted octanol–water partition coefficient (Wildman–Crippen LogP) is 3.53. The van der Waals surface area contributed by atoms with Crippen LogP contribution in [0.4, 0.5) is 0 Å². The Balaban J connectivity index is 1.34. The normalized spacial score (nSPS) is 10.9. The Hall–Kier alpha value is -3.94. The number of rotatable bonds is 8. The smallest absolute Gasteiger partial charge is 0.259 e. The Morgan fingerprint density at radius 3 is 2.88 bits per heavy atom. The minimum Gasteiger partial charge on any atom is -0.496 e. The molecule has 4 aromatic rings. The summed E-state index contributed by atoms with van der Waals surface area (Å²) in [6.07, 6.45) is 1.31. The van der Waals surface area contributed by atoms with Crippen LogP contribution in [0.25, 0.3) is 22.3 Å². The van der Waals surface area contributed by atoms with E-state index in [1.54, 1.807) is 13.2 Å². The van der Waals surface area contributed by atoms with Crippen LogP contribution >= 0.6 is 0 Å². The quantitative estimate of drug-likeness (QED) is 0.441. The molecule has 4 rings (SSSR count). The van der Waals surface area contributed by atoms with E-state index >= 15 is 0 Å². The van der Waals surface area contributed by atoms with E-state index in [1.807, 2.05) is 49.4 Å². The van der Waals surface area contributed by atoms with Gasteiger partial charge in [-0.3, -0.25) is 9.59 Å². The topological polar surface area (TPSA) is 110 Å². The number of hydrogen-bond acceptors (Lipinski definition) is 6. The van der Waals surface area contributed by atoms with Gasteiger partial charge in [-0.2, -0.15) is 4.98 Å². The highest BCUT2D eigenvalue weighted by atomic mass is 16.5. The van der Waals surface area contributed by atoms with Crippen molar-refractivity contribution in [3.63, 3.8) is 0 Å². The van der Waals surface area contributed by atoms with E-state index in [4.69, 9.17) is 9.26 Å². The van der Waals surface area contributed by atoms with E-state index in [-0.39, 0.29) is 17.3 Å². The van der Waals surface area contributed by atoms with Crippen LogP contribution in [-0.2, 0) is 17.8 Å². The number of pyridine rings is 1. The Morgan fingerprint density at radius 2 is 2.03 bits per heavy atom. The maximum Gasteiger partial charge on any atom is 0.259 e. The minimum absolute atomic E-state index is 0.0722. The number of nitrogens with one attached hydrogen (secondary N) is 2. The second-order valence-electron chi connectivity index (χ2n) is 7.56. The van der Waals surface area contributed by atoms with Gasteiger partial charge in [-0.05, 0) is 43.0 Å². The van der Waals surface area contributed by atoms with E-state index in [9.17, 15) is 9.59 Å². The number of carbonyl (C=O) groups is 1. The number of amides is 1. The van der Waals surface area contributed by atoms with Gasteiger partial charge >= 0.3 is 0 Å². The van der Waals surface area contributed by atoms with E-state index in [0.717, 1.165) is 27.8 Å². The number of H-pyrrole nitrogens is 1. The van der Waals surface area contributed by atoms with E-state index in [0.29, 0.717) is 37.3 Å². The molecule has 1 amide bonds. The van der Waals surface area contributed by atoms with Crippen LogP contribution in [0, 0.1) is 6.92 Å². The molecular formula is C24H24N4O4. The maximum absolute atomic E-state index is 12.4. The zero-order valence-electron chi connectivity index (χ0n) is 18.0. The molecule has 2 aromatic carbocycles. The fraction of sp³-hybridized carbons (Fsp3) is 0.250. The number of nitrogens with zero attached hydrogens (tertiary/aromatic N) is 2. The lowest BCUT2D eigenvalue weighted by atomic mass is 10.1. The number of ether oxygens (including phenoxy) is 1. The number of para-hydroxylation sites is 1. The number of aromatic nitrogens is 3. The highest BCUT2D eigenvalue weighted by Crippen LogP contribution is 2.19. The van der Waals surface area contributed by atoms with Crippen LogP contribution in [0.1, 0.15) is 29.9 Å². The molecular weight excluding hydrogens is 408 g/mol. The number of methoxy groups -OCH3 is 1. The van der Waals surface area contributed by atoms with Gasteiger partial charge in [0.1, 0.15) is 5.75 Å². The Bertz CT molecular complexity index is 1310. The molecule has 0 bridgehead atoms. The molecule has 0 aliphatic rings. The van der Waals surface area contributed by atoms with Crippen molar-refractivity contribution in [1.82, 2.24) is 20.4 Å². The first-order valence-corrected chi connectivity index (χ1v) is 10.4. The highest BCUT2D eigenvalue weighted by Gasteiger charge is 2.14. The first-order chi connectivity index (χ1) is 15.5. The van der Waals surface area contributed by atoms with Crippen LogP contribution in [0.3, 0.4) is 0 Å². The SMILES string of the molecule is COc1ccccc1CNC(=O)CCCc1nc(-c2cc3cc(C)ccc3[nH]c2=O)no1. The Kier molecular flexibility index (Phi) is 6.30. The van der Waals surface area contributed by atoms with Crippen molar-refractivity contribution >= 4 is 16.8 Å². The first-order valence-electron chi connectivity index (χ1n) is 10.4. The Labute approximate surface area is 184 Å². The summed E-state index contributed by atoms with van der Waals surface area (Å²) in [4.78, 5) is 31.8. The van der Waals surface area contributed by atoms with Crippen LogP contribution in [0.2, 0.25) is 0 Å². The van der Waals surface area contributed by atoms with Crippen molar-refractivity contribution < 1.29 is 14.1 Å². The zero-order chi connectivity index (χ0) is 22.5.